The smallest absolute Gasteiger partial charge is 0.0607 e. The second-order valence-electron chi connectivity index (χ2n) is 4.94. The fourth-order valence-electron chi connectivity index (χ4n) is 2.63. The molecule has 0 aromatic carbocycles. The van der Waals surface area contributed by atoms with Crippen LogP contribution < -0.4 is 5.73 Å². The maximum atomic E-state index is 5.92. The summed E-state index contributed by atoms with van der Waals surface area (Å²) in [7, 11) is 4.00. The first-order chi connectivity index (χ1) is 7.09. The number of methoxy groups -OCH3 is 1. The van der Waals surface area contributed by atoms with Crippen LogP contribution >= 0.6 is 0 Å². The molecule has 3 nitrogen and oxygen atoms in total. The van der Waals surface area contributed by atoms with E-state index in [9.17, 15) is 0 Å². The van der Waals surface area contributed by atoms with Crippen LogP contribution in [0.1, 0.15) is 39.5 Å². The minimum absolute atomic E-state index is 0.204. The largest absolute Gasteiger partial charge is 0.381 e. The molecule has 0 bridgehead atoms. The highest BCUT2D eigenvalue weighted by Crippen LogP contribution is 2.39. The van der Waals surface area contributed by atoms with Gasteiger partial charge in [-0.25, -0.2) is 0 Å². The van der Waals surface area contributed by atoms with Crippen LogP contribution in [-0.4, -0.2) is 43.3 Å². The summed E-state index contributed by atoms with van der Waals surface area (Å²) in [5.41, 5.74) is 6.13. The average Bonchev–Trinajstić information content (AvgIpc) is 2.17. The van der Waals surface area contributed by atoms with Crippen molar-refractivity contribution in [1.82, 2.24) is 4.90 Å². The number of ether oxygens (including phenoxy) is 1. The molecule has 2 N–H and O–H groups in total. The number of hydrogen-bond acceptors (Lipinski definition) is 3. The van der Waals surface area contributed by atoms with Crippen molar-refractivity contribution in [2.75, 3.05) is 20.7 Å². The zero-order valence-electron chi connectivity index (χ0n) is 10.6. The third-order valence-electron chi connectivity index (χ3n) is 4.04. The fraction of sp³-hybridized carbons (Fsp3) is 1.00. The lowest BCUT2D eigenvalue weighted by Gasteiger charge is -2.54. The van der Waals surface area contributed by atoms with E-state index in [0.29, 0.717) is 12.1 Å². The lowest BCUT2D eigenvalue weighted by atomic mass is 9.72. The van der Waals surface area contributed by atoms with E-state index in [1.54, 1.807) is 7.11 Å². The molecule has 0 radical (unpaired) electrons. The molecule has 1 rings (SSSR count). The minimum Gasteiger partial charge on any atom is -0.381 e. The quantitative estimate of drug-likeness (QED) is 0.730. The number of likely N-dealkylation sites (N-methyl/N-ethyl adjacent to an activating group) is 1. The molecule has 1 aliphatic carbocycles. The zero-order valence-corrected chi connectivity index (χ0v) is 10.6. The topological polar surface area (TPSA) is 38.5 Å². The van der Waals surface area contributed by atoms with Crippen LogP contribution in [0.2, 0.25) is 0 Å². The Morgan fingerprint density at radius 2 is 2.13 bits per heavy atom. The summed E-state index contributed by atoms with van der Waals surface area (Å²) in [6.07, 6.45) is 5.08. The van der Waals surface area contributed by atoms with E-state index in [4.69, 9.17) is 10.5 Å². The average molecular weight is 214 g/mol. The van der Waals surface area contributed by atoms with Gasteiger partial charge in [0.05, 0.1) is 6.10 Å². The predicted octanol–water partition coefficient (Wildman–Crippen LogP) is 1.61. The number of nitrogens with zero attached hydrogens (tertiary/aromatic N) is 1. The van der Waals surface area contributed by atoms with Gasteiger partial charge in [-0.3, -0.25) is 4.90 Å². The van der Waals surface area contributed by atoms with Crippen molar-refractivity contribution in [2.24, 2.45) is 5.73 Å². The van der Waals surface area contributed by atoms with Gasteiger partial charge >= 0.3 is 0 Å². The summed E-state index contributed by atoms with van der Waals surface area (Å²) in [6, 6.07) is 0.622. The Bertz CT molecular complexity index is 190. The lowest BCUT2D eigenvalue weighted by molar-refractivity contribution is -0.0905. The molecule has 1 unspecified atom stereocenters. The molecule has 0 heterocycles. The van der Waals surface area contributed by atoms with Gasteiger partial charge < -0.3 is 10.5 Å². The van der Waals surface area contributed by atoms with Gasteiger partial charge in [-0.05, 0) is 33.2 Å². The molecular formula is C12H26N2O. The lowest BCUT2D eigenvalue weighted by Crippen LogP contribution is -2.64. The molecule has 15 heavy (non-hydrogen) atoms. The van der Waals surface area contributed by atoms with Crippen molar-refractivity contribution in [2.45, 2.75) is 57.2 Å². The van der Waals surface area contributed by atoms with Gasteiger partial charge in [0.15, 0.2) is 0 Å². The van der Waals surface area contributed by atoms with Crippen LogP contribution in [0.5, 0.6) is 0 Å². The third-order valence-corrected chi connectivity index (χ3v) is 4.04. The summed E-state index contributed by atoms with van der Waals surface area (Å²) in [4.78, 5) is 2.46. The Morgan fingerprint density at radius 3 is 2.53 bits per heavy atom. The van der Waals surface area contributed by atoms with Crippen LogP contribution in [0.4, 0.5) is 0 Å². The van der Waals surface area contributed by atoms with Crippen molar-refractivity contribution in [3.8, 4) is 0 Å². The van der Waals surface area contributed by atoms with Gasteiger partial charge in [0.2, 0.25) is 0 Å². The van der Waals surface area contributed by atoms with E-state index in [2.05, 4.69) is 25.8 Å². The van der Waals surface area contributed by atoms with Crippen molar-refractivity contribution in [1.29, 1.82) is 0 Å². The number of hydrogen-bond donors (Lipinski definition) is 1. The molecule has 3 heteroatoms. The van der Waals surface area contributed by atoms with Crippen molar-refractivity contribution < 1.29 is 4.74 Å². The predicted molar refractivity (Wildman–Crippen MR) is 63.9 cm³/mol. The molecule has 1 aliphatic rings. The summed E-state index contributed by atoms with van der Waals surface area (Å²) >= 11 is 0. The first kappa shape index (κ1) is 12.9. The standard InChI is InChI=1S/C12H26N2O/c1-5-6-10(2)14(3)12(9-13)7-11(8-12)15-4/h10-11H,5-9,13H2,1-4H3. The zero-order chi connectivity index (χ0) is 11.5. The fourth-order valence-corrected chi connectivity index (χ4v) is 2.63. The Morgan fingerprint density at radius 1 is 1.53 bits per heavy atom. The highest BCUT2D eigenvalue weighted by atomic mass is 16.5. The van der Waals surface area contributed by atoms with Gasteiger partial charge in [-0.2, -0.15) is 0 Å². The van der Waals surface area contributed by atoms with E-state index >= 15 is 0 Å². The van der Waals surface area contributed by atoms with Crippen LogP contribution in [0.15, 0.2) is 0 Å². The Balaban J connectivity index is 2.52. The van der Waals surface area contributed by atoms with Gasteiger partial charge in [0, 0.05) is 25.2 Å². The molecule has 0 spiro atoms. The monoisotopic (exact) mass is 214 g/mol. The van der Waals surface area contributed by atoms with E-state index in [1.807, 2.05) is 0 Å². The van der Waals surface area contributed by atoms with Crippen LogP contribution in [-0.2, 0) is 4.74 Å². The second-order valence-corrected chi connectivity index (χ2v) is 4.94. The van der Waals surface area contributed by atoms with E-state index in [0.717, 1.165) is 19.4 Å². The van der Waals surface area contributed by atoms with E-state index < -0.39 is 0 Å². The molecule has 1 fully saturated rings. The van der Waals surface area contributed by atoms with Crippen LogP contribution in [0, 0.1) is 0 Å². The first-order valence-electron chi connectivity index (χ1n) is 6.05. The Hall–Kier alpha value is -0.120. The first-order valence-corrected chi connectivity index (χ1v) is 6.05. The summed E-state index contributed by atoms with van der Waals surface area (Å²) in [6.45, 7) is 5.27. The van der Waals surface area contributed by atoms with Crippen LogP contribution in [0.3, 0.4) is 0 Å². The number of rotatable bonds is 6. The second kappa shape index (κ2) is 5.28. The molecule has 1 saturated carbocycles. The van der Waals surface area contributed by atoms with E-state index in [1.165, 1.54) is 12.8 Å². The maximum absolute atomic E-state index is 5.92. The molecule has 0 amide bonds. The molecule has 90 valence electrons. The van der Waals surface area contributed by atoms with Crippen molar-refractivity contribution in [3.63, 3.8) is 0 Å². The highest BCUT2D eigenvalue weighted by Gasteiger charge is 2.47. The van der Waals surface area contributed by atoms with Gasteiger partial charge in [-0.15, -0.1) is 0 Å². The molecular weight excluding hydrogens is 188 g/mol. The molecule has 0 saturated heterocycles. The summed E-state index contributed by atoms with van der Waals surface area (Å²) in [5.74, 6) is 0. The maximum Gasteiger partial charge on any atom is 0.0607 e. The van der Waals surface area contributed by atoms with Gasteiger partial charge in [-0.1, -0.05) is 13.3 Å². The highest BCUT2D eigenvalue weighted by molar-refractivity contribution is 5.04. The molecule has 0 aromatic heterocycles. The Kier molecular flexibility index (Phi) is 4.56. The SMILES string of the molecule is CCCC(C)N(C)C1(CN)CC(OC)C1. The number of nitrogens with two attached hydrogens (primary N) is 1. The third kappa shape index (κ3) is 2.52. The van der Waals surface area contributed by atoms with Crippen molar-refractivity contribution in [3.05, 3.63) is 0 Å². The minimum atomic E-state index is 0.204. The van der Waals surface area contributed by atoms with Gasteiger partial charge in [0.1, 0.15) is 0 Å². The van der Waals surface area contributed by atoms with Crippen molar-refractivity contribution >= 4 is 0 Å². The normalized spacial score (nSPS) is 32.8. The summed E-state index contributed by atoms with van der Waals surface area (Å²) in [5, 5.41) is 0. The van der Waals surface area contributed by atoms with Gasteiger partial charge in [0.25, 0.3) is 0 Å². The molecule has 1 atom stereocenters. The molecule has 0 aromatic rings. The van der Waals surface area contributed by atoms with E-state index in [-0.39, 0.29) is 5.54 Å². The van der Waals surface area contributed by atoms with Crippen LogP contribution in [0.25, 0.3) is 0 Å². The molecule has 0 aliphatic heterocycles. The Labute approximate surface area is 94.0 Å². The summed E-state index contributed by atoms with van der Waals surface area (Å²) < 4.78 is 5.35.